The number of nitrogens with zero attached hydrogens (tertiary/aromatic N) is 1. The van der Waals surface area contributed by atoms with Crippen LogP contribution < -0.4 is 14.9 Å². The standard InChI is InChI=1S/C14H22N2O4/c1-18-11-3-4-14(19-2)12(9-11)13(17)10-15-16-5-7-20-8-6-16/h3-4,9,13,15,17H,5-8,10H2,1-2H3. The summed E-state index contributed by atoms with van der Waals surface area (Å²) in [6.45, 7) is 3.49. The highest BCUT2D eigenvalue weighted by molar-refractivity contribution is 5.41. The molecule has 6 heteroatoms. The summed E-state index contributed by atoms with van der Waals surface area (Å²) in [5.74, 6) is 1.35. The van der Waals surface area contributed by atoms with Crippen LogP contribution in [0.2, 0.25) is 0 Å². The maximum Gasteiger partial charge on any atom is 0.124 e. The lowest BCUT2D eigenvalue weighted by Crippen LogP contribution is -2.47. The SMILES string of the molecule is COc1ccc(OC)c(C(O)CNN2CCOCC2)c1. The average Bonchev–Trinajstić information content (AvgIpc) is 2.52. The Hall–Kier alpha value is -1.34. The lowest BCUT2D eigenvalue weighted by molar-refractivity contribution is 0.00295. The van der Waals surface area contributed by atoms with Gasteiger partial charge in [-0.1, -0.05) is 0 Å². The van der Waals surface area contributed by atoms with Crippen molar-refractivity contribution >= 4 is 0 Å². The molecule has 1 fully saturated rings. The fourth-order valence-electron chi connectivity index (χ4n) is 2.15. The van der Waals surface area contributed by atoms with E-state index in [1.165, 1.54) is 0 Å². The number of nitrogens with one attached hydrogen (secondary N) is 1. The van der Waals surface area contributed by atoms with Crippen molar-refractivity contribution in [2.24, 2.45) is 0 Å². The van der Waals surface area contributed by atoms with Crippen LogP contribution in [0.1, 0.15) is 11.7 Å². The first-order valence-electron chi connectivity index (χ1n) is 6.70. The second-order valence-electron chi connectivity index (χ2n) is 4.59. The Kier molecular flexibility index (Phi) is 5.60. The molecular formula is C14H22N2O4. The predicted molar refractivity (Wildman–Crippen MR) is 74.9 cm³/mol. The molecule has 0 aliphatic carbocycles. The van der Waals surface area contributed by atoms with Gasteiger partial charge in [-0.05, 0) is 18.2 Å². The van der Waals surface area contributed by atoms with Crippen molar-refractivity contribution < 1.29 is 19.3 Å². The van der Waals surface area contributed by atoms with Gasteiger partial charge in [-0.15, -0.1) is 0 Å². The minimum absolute atomic E-state index is 0.420. The molecule has 1 aliphatic rings. The zero-order chi connectivity index (χ0) is 14.4. The number of hydrogen-bond acceptors (Lipinski definition) is 6. The third kappa shape index (κ3) is 3.83. The highest BCUT2D eigenvalue weighted by Gasteiger charge is 2.17. The van der Waals surface area contributed by atoms with Crippen LogP contribution in [-0.2, 0) is 4.74 Å². The maximum absolute atomic E-state index is 10.3. The van der Waals surface area contributed by atoms with E-state index in [4.69, 9.17) is 14.2 Å². The fraction of sp³-hybridized carbons (Fsp3) is 0.571. The lowest BCUT2D eigenvalue weighted by atomic mass is 10.1. The molecule has 0 spiro atoms. The fourth-order valence-corrected chi connectivity index (χ4v) is 2.15. The monoisotopic (exact) mass is 282 g/mol. The Bertz CT molecular complexity index is 422. The Morgan fingerprint density at radius 3 is 2.70 bits per heavy atom. The van der Waals surface area contributed by atoms with Crippen molar-refractivity contribution in [2.45, 2.75) is 6.10 Å². The number of methoxy groups -OCH3 is 2. The van der Waals surface area contributed by atoms with E-state index >= 15 is 0 Å². The highest BCUT2D eigenvalue weighted by Crippen LogP contribution is 2.29. The number of hydrazine groups is 1. The van der Waals surface area contributed by atoms with Crippen LogP contribution in [-0.4, -0.2) is 57.2 Å². The van der Waals surface area contributed by atoms with Crippen molar-refractivity contribution in [1.29, 1.82) is 0 Å². The molecule has 6 nitrogen and oxygen atoms in total. The summed E-state index contributed by atoms with van der Waals surface area (Å²) < 4.78 is 15.7. The second-order valence-corrected chi connectivity index (χ2v) is 4.59. The molecule has 1 aromatic rings. The number of morpholine rings is 1. The molecule has 0 radical (unpaired) electrons. The van der Waals surface area contributed by atoms with Crippen molar-refractivity contribution in [2.75, 3.05) is 47.1 Å². The molecule has 0 bridgehead atoms. The van der Waals surface area contributed by atoms with Gasteiger partial charge in [-0.2, -0.15) is 0 Å². The Labute approximate surface area is 119 Å². The minimum atomic E-state index is -0.664. The van der Waals surface area contributed by atoms with Crippen molar-refractivity contribution in [1.82, 2.24) is 10.4 Å². The van der Waals surface area contributed by atoms with E-state index in [1.54, 1.807) is 26.4 Å². The summed E-state index contributed by atoms with van der Waals surface area (Å²) in [5, 5.41) is 12.4. The zero-order valence-corrected chi connectivity index (χ0v) is 12.0. The van der Waals surface area contributed by atoms with Crippen molar-refractivity contribution in [3.8, 4) is 11.5 Å². The van der Waals surface area contributed by atoms with Crippen LogP contribution in [0.15, 0.2) is 18.2 Å². The topological polar surface area (TPSA) is 63.2 Å². The number of hydrogen-bond donors (Lipinski definition) is 2. The van der Waals surface area contributed by atoms with Crippen LogP contribution >= 0.6 is 0 Å². The van der Waals surface area contributed by atoms with Gasteiger partial charge in [0.1, 0.15) is 11.5 Å². The Balaban J connectivity index is 1.98. The number of rotatable bonds is 6. The summed E-state index contributed by atoms with van der Waals surface area (Å²) in [4.78, 5) is 0. The van der Waals surface area contributed by atoms with Gasteiger partial charge >= 0.3 is 0 Å². The number of ether oxygens (including phenoxy) is 3. The molecule has 1 atom stereocenters. The summed E-state index contributed by atoms with van der Waals surface area (Å²) >= 11 is 0. The molecule has 1 saturated heterocycles. The first-order chi connectivity index (χ1) is 9.74. The van der Waals surface area contributed by atoms with E-state index in [9.17, 15) is 5.11 Å². The summed E-state index contributed by atoms with van der Waals surface area (Å²) in [6.07, 6.45) is -0.664. The first kappa shape index (κ1) is 15.1. The number of aliphatic hydroxyl groups is 1. The van der Waals surface area contributed by atoms with Gasteiger partial charge in [0, 0.05) is 25.2 Å². The minimum Gasteiger partial charge on any atom is -0.497 e. The van der Waals surface area contributed by atoms with Crippen LogP contribution in [0.5, 0.6) is 11.5 Å². The molecule has 0 amide bonds. The number of benzene rings is 1. The predicted octanol–water partition coefficient (Wildman–Crippen LogP) is 0.574. The Morgan fingerprint density at radius 2 is 2.05 bits per heavy atom. The van der Waals surface area contributed by atoms with Crippen LogP contribution in [0.3, 0.4) is 0 Å². The van der Waals surface area contributed by atoms with E-state index in [-0.39, 0.29) is 0 Å². The van der Waals surface area contributed by atoms with Gasteiger partial charge in [-0.3, -0.25) is 5.43 Å². The van der Waals surface area contributed by atoms with E-state index in [2.05, 4.69) is 10.4 Å². The molecule has 20 heavy (non-hydrogen) atoms. The smallest absolute Gasteiger partial charge is 0.124 e. The van der Waals surface area contributed by atoms with Gasteiger partial charge in [0.05, 0.1) is 33.5 Å². The van der Waals surface area contributed by atoms with Crippen LogP contribution in [0, 0.1) is 0 Å². The molecule has 0 saturated carbocycles. The summed E-state index contributed by atoms with van der Waals surface area (Å²) in [7, 11) is 3.19. The van der Waals surface area contributed by atoms with Gasteiger partial charge in [-0.25, -0.2) is 5.01 Å². The summed E-state index contributed by atoms with van der Waals surface area (Å²) in [6, 6.07) is 5.40. The summed E-state index contributed by atoms with van der Waals surface area (Å²) in [5.41, 5.74) is 3.93. The molecular weight excluding hydrogens is 260 g/mol. The lowest BCUT2D eigenvalue weighted by Gasteiger charge is -2.28. The van der Waals surface area contributed by atoms with Gasteiger partial charge in [0.25, 0.3) is 0 Å². The molecule has 0 aromatic heterocycles. The molecule has 1 unspecified atom stereocenters. The van der Waals surface area contributed by atoms with E-state index < -0.39 is 6.10 Å². The average molecular weight is 282 g/mol. The molecule has 2 N–H and O–H groups in total. The first-order valence-corrected chi connectivity index (χ1v) is 6.70. The zero-order valence-electron chi connectivity index (χ0n) is 12.0. The van der Waals surface area contributed by atoms with E-state index in [0.717, 1.165) is 13.1 Å². The molecule has 1 aliphatic heterocycles. The maximum atomic E-state index is 10.3. The van der Waals surface area contributed by atoms with Gasteiger partial charge in [0.15, 0.2) is 0 Å². The largest absolute Gasteiger partial charge is 0.497 e. The van der Waals surface area contributed by atoms with Gasteiger partial charge < -0.3 is 19.3 Å². The molecule has 1 aromatic carbocycles. The number of aliphatic hydroxyl groups excluding tert-OH is 1. The van der Waals surface area contributed by atoms with Crippen LogP contribution in [0.25, 0.3) is 0 Å². The third-order valence-corrected chi connectivity index (χ3v) is 3.32. The van der Waals surface area contributed by atoms with E-state index in [0.29, 0.717) is 36.8 Å². The normalized spacial score (nSPS) is 17.8. The van der Waals surface area contributed by atoms with Crippen molar-refractivity contribution in [3.63, 3.8) is 0 Å². The van der Waals surface area contributed by atoms with Crippen molar-refractivity contribution in [3.05, 3.63) is 23.8 Å². The highest BCUT2D eigenvalue weighted by atomic mass is 16.5. The van der Waals surface area contributed by atoms with Crippen LogP contribution in [0.4, 0.5) is 0 Å². The molecule has 2 rings (SSSR count). The molecule has 112 valence electrons. The Morgan fingerprint density at radius 1 is 1.30 bits per heavy atom. The van der Waals surface area contributed by atoms with Gasteiger partial charge in [0.2, 0.25) is 0 Å². The second kappa shape index (κ2) is 7.44. The quantitative estimate of drug-likeness (QED) is 0.795. The molecule has 1 heterocycles. The van der Waals surface area contributed by atoms with E-state index in [1.807, 2.05) is 6.07 Å². The third-order valence-electron chi connectivity index (χ3n) is 3.32.